The van der Waals surface area contributed by atoms with Gasteiger partial charge in [-0.15, -0.1) is 0 Å². The second-order valence-electron chi connectivity index (χ2n) is 3.58. The Labute approximate surface area is 98.0 Å². The molecule has 0 amide bonds. The van der Waals surface area contributed by atoms with Crippen LogP contribution >= 0.6 is 11.8 Å². The first-order chi connectivity index (χ1) is 7.90. The maximum Gasteiger partial charge on any atom is 0.184 e. The van der Waals surface area contributed by atoms with Gasteiger partial charge in [-0.3, -0.25) is 5.10 Å². The lowest BCUT2D eigenvalue weighted by atomic mass is 10.0. The lowest BCUT2D eigenvalue weighted by Crippen LogP contribution is -2.18. The van der Waals surface area contributed by atoms with E-state index in [0.29, 0.717) is 0 Å². The molecule has 5 nitrogen and oxygen atoms in total. The van der Waals surface area contributed by atoms with Crippen LogP contribution in [0, 0.1) is 0 Å². The molecule has 2 N–H and O–H groups in total. The van der Waals surface area contributed by atoms with E-state index in [2.05, 4.69) is 32.5 Å². The molecule has 16 heavy (non-hydrogen) atoms. The third-order valence-corrected chi connectivity index (χ3v) is 3.69. The number of hydrogen-bond acceptors (Lipinski definition) is 5. The molecule has 1 aliphatic rings. The summed E-state index contributed by atoms with van der Waals surface area (Å²) in [5, 5.41) is 20.0. The van der Waals surface area contributed by atoms with E-state index in [1.54, 1.807) is 11.8 Å². The summed E-state index contributed by atoms with van der Waals surface area (Å²) in [6.07, 6.45) is 9.52. The van der Waals surface area contributed by atoms with Gasteiger partial charge >= 0.3 is 0 Å². The normalized spacial score (nSPS) is 24.2. The first kappa shape index (κ1) is 11.2. The summed E-state index contributed by atoms with van der Waals surface area (Å²) in [5.41, 5.74) is 0.839. The van der Waals surface area contributed by atoms with Crippen molar-refractivity contribution in [1.82, 2.24) is 15.2 Å². The molecule has 0 saturated heterocycles. The average Bonchev–Trinajstić information content (AvgIpc) is 2.75. The Morgan fingerprint density at radius 3 is 3.06 bits per heavy atom. The minimum atomic E-state index is 0.183. The standard InChI is InChI=1S/C10H14N4OS/c15-14-8-5-3-1-2-4-6-9(8)16-10-11-7-12-13-10/h1-2,7,9,15H,3-6H2,(H,11,12,13)/b2-1?,14-8+/t9-/m1/s1. The summed E-state index contributed by atoms with van der Waals surface area (Å²) in [7, 11) is 0. The van der Waals surface area contributed by atoms with E-state index in [1.807, 2.05) is 0 Å². The van der Waals surface area contributed by atoms with E-state index in [1.165, 1.54) is 6.33 Å². The van der Waals surface area contributed by atoms with Crippen LogP contribution in [0.1, 0.15) is 25.7 Å². The fourth-order valence-electron chi connectivity index (χ4n) is 1.67. The van der Waals surface area contributed by atoms with Crippen LogP contribution in [0.25, 0.3) is 0 Å². The van der Waals surface area contributed by atoms with Crippen molar-refractivity contribution in [2.45, 2.75) is 36.1 Å². The summed E-state index contributed by atoms with van der Waals surface area (Å²) in [5.74, 6) is 0. The highest BCUT2D eigenvalue weighted by Crippen LogP contribution is 2.27. The number of aromatic nitrogens is 3. The zero-order chi connectivity index (χ0) is 11.2. The summed E-state index contributed by atoms with van der Waals surface area (Å²) in [6, 6.07) is 0. The van der Waals surface area contributed by atoms with E-state index in [9.17, 15) is 0 Å². The molecule has 0 bridgehead atoms. The lowest BCUT2D eigenvalue weighted by Gasteiger charge is -2.16. The molecule has 0 radical (unpaired) electrons. The van der Waals surface area contributed by atoms with Gasteiger partial charge in [0, 0.05) is 0 Å². The molecule has 1 atom stereocenters. The molecule has 6 heteroatoms. The van der Waals surface area contributed by atoms with Gasteiger partial charge in [0.15, 0.2) is 5.16 Å². The van der Waals surface area contributed by atoms with Gasteiger partial charge in [0.05, 0.1) is 11.0 Å². The summed E-state index contributed by atoms with van der Waals surface area (Å²) in [4.78, 5) is 4.07. The molecule has 1 aromatic heterocycles. The average molecular weight is 238 g/mol. The molecule has 0 unspecified atom stereocenters. The minimum absolute atomic E-state index is 0.183. The Balaban J connectivity index is 2.06. The quantitative estimate of drug-likeness (QED) is 0.470. The fraction of sp³-hybridized carbons (Fsp3) is 0.500. The van der Waals surface area contributed by atoms with Crippen LogP contribution in [0.15, 0.2) is 28.8 Å². The molecule has 1 aromatic rings. The van der Waals surface area contributed by atoms with Crippen molar-refractivity contribution in [2.24, 2.45) is 5.16 Å². The van der Waals surface area contributed by atoms with Crippen molar-refractivity contribution in [3.63, 3.8) is 0 Å². The molecule has 0 saturated carbocycles. The van der Waals surface area contributed by atoms with Gasteiger partial charge in [-0.1, -0.05) is 29.1 Å². The number of H-pyrrole nitrogens is 1. The van der Waals surface area contributed by atoms with Crippen molar-refractivity contribution in [1.29, 1.82) is 0 Å². The number of hydrogen-bond donors (Lipinski definition) is 2. The van der Waals surface area contributed by atoms with Crippen molar-refractivity contribution in [2.75, 3.05) is 0 Å². The van der Waals surface area contributed by atoms with Crippen molar-refractivity contribution < 1.29 is 5.21 Å². The van der Waals surface area contributed by atoms with Gasteiger partial charge in [-0.2, -0.15) is 5.10 Å². The van der Waals surface area contributed by atoms with Gasteiger partial charge in [0.2, 0.25) is 0 Å². The molecule has 0 spiro atoms. The maximum atomic E-state index is 9.01. The van der Waals surface area contributed by atoms with E-state index in [-0.39, 0.29) is 5.25 Å². The van der Waals surface area contributed by atoms with E-state index >= 15 is 0 Å². The largest absolute Gasteiger partial charge is 0.411 e. The van der Waals surface area contributed by atoms with Gasteiger partial charge in [0.1, 0.15) is 6.33 Å². The third-order valence-electron chi connectivity index (χ3n) is 2.48. The second-order valence-corrected chi connectivity index (χ2v) is 4.77. The van der Waals surface area contributed by atoms with Gasteiger partial charge in [-0.05, 0) is 25.7 Å². The van der Waals surface area contributed by atoms with E-state index < -0.39 is 0 Å². The highest BCUT2D eigenvalue weighted by atomic mass is 32.2. The third kappa shape index (κ3) is 2.85. The summed E-state index contributed by atoms with van der Waals surface area (Å²) in [6.45, 7) is 0. The highest BCUT2D eigenvalue weighted by molar-refractivity contribution is 8.00. The molecule has 2 rings (SSSR count). The molecule has 1 heterocycles. The number of nitrogens with zero attached hydrogens (tertiary/aromatic N) is 3. The van der Waals surface area contributed by atoms with Crippen molar-refractivity contribution in [3.05, 3.63) is 18.5 Å². The first-order valence-corrected chi connectivity index (χ1v) is 6.16. The van der Waals surface area contributed by atoms with Crippen LogP contribution in [0.5, 0.6) is 0 Å². The molecule has 86 valence electrons. The second kappa shape index (κ2) is 5.69. The van der Waals surface area contributed by atoms with Crippen molar-refractivity contribution in [3.8, 4) is 0 Å². The number of oxime groups is 1. The zero-order valence-electron chi connectivity index (χ0n) is 8.83. The summed E-state index contributed by atoms with van der Waals surface area (Å²) < 4.78 is 0. The molecule has 0 fully saturated rings. The van der Waals surface area contributed by atoms with Crippen LogP contribution in [-0.4, -0.2) is 31.4 Å². The Bertz CT molecular complexity index is 374. The van der Waals surface area contributed by atoms with Crippen molar-refractivity contribution >= 4 is 17.5 Å². The first-order valence-electron chi connectivity index (χ1n) is 5.28. The Morgan fingerprint density at radius 2 is 2.31 bits per heavy atom. The Kier molecular flexibility index (Phi) is 3.98. The minimum Gasteiger partial charge on any atom is -0.411 e. The van der Waals surface area contributed by atoms with E-state index in [0.717, 1.165) is 36.6 Å². The van der Waals surface area contributed by atoms with Gasteiger partial charge in [-0.25, -0.2) is 4.98 Å². The van der Waals surface area contributed by atoms with Crippen LogP contribution in [0.4, 0.5) is 0 Å². The molecule has 1 aliphatic carbocycles. The molecular formula is C10H14N4OS. The number of thioether (sulfide) groups is 1. The van der Waals surface area contributed by atoms with Crippen LogP contribution in [0.3, 0.4) is 0 Å². The molecule has 0 aromatic carbocycles. The maximum absolute atomic E-state index is 9.01. The number of aromatic amines is 1. The summed E-state index contributed by atoms with van der Waals surface area (Å²) >= 11 is 1.57. The van der Waals surface area contributed by atoms with E-state index in [4.69, 9.17) is 5.21 Å². The van der Waals surface area contributed by atoms with Crippen LogP contribution in [-0.2, 0) is 0 Å². The lowest BCUT2D eigenvalue weighted by molar-refractivity contribution is 0.316. The smallest absolute Gasteiger partial charge is 0.184 e. The molecular weight excluding hydrogens is 224 g/mol. The number of nitrogens with one attached hydrogen (secondary N) is 1. The van der Waals surface area contributed by atoms with Gasteiger partial charge < -0.3 is 5.21 Å². The predicted octanol–water partition coefficient (Wildman–Crippen LogP) is 2.23. The number of allylic oxidation sites excluding steroid dienone is 2. The Morgan fingerprint density at radius 1 is 1.44 bits per heavy atom. The van der Waals surface area contributed by atoms with Gasteiger partial charge in [0.25, 0.3) is 0 Å². The predicted molar refractivity (Wildman–Crippen MR) is 62.9 cm³/mol. The number of rotatable bonds is 2. The Hall–Kier alpha value is -1.30. The monoisotopic (exact) mass is 238 g/mol. The fourth-order valence-corrected chi connectivity index (χ4v) is 2.71. The van der Waals surface area contributed by atoms with Crippen LogP contribution in [0.2, 0.25) is 0 Å². The SMILES string of the molecule is O/N=C1\CCC=CCC[C@H]1Sc1ncn[nH]1. The van der Waals surface area contributed by atoms with Crippen LogP contribution < -0.4 is 0 Å². The molecule has 0 aliphatic heterocycles. The highest BCUT2D eigenvalue weighted by Gasteiger charge is 2.19. The topological polar surface area (TPSA) is 74.2 Å². The zero-order valence-corrected chi connectivity index (χ0v) is 9.65.